The van der Waals surface area contributed by atoms with Gasteiger partial charge in [-0.25, -0.2) is 0 Å². The molecule has 4 heteroatoms. The van der Waals surface area contributed by atoms with E-state index in [-0.39, 0.29) is 5.91 Å². The van der Waals surface area contributed by atoms with Crippen LogP contribution in [-0.2, 0) is 0 Å². The van der Waals surface area contributed by atoms with Gasteiger partial charge in [-0.1, -0.05) is 25.1 Å². The molecule has 0 bridgehead atoms. The van der Waals surface area contributed by atoms with Gasteiger partial charge < -0.3 is 10.6 Å². The zero-order valence-electron chi connectivity index (χ0n) is 12.7. The Kier molecular flexibility index (Phi) is 3.89. The summed E-state index contributed by atoms with van der Waals surface area (Å²) in [5.41, 5.74) is 8.11. The third-order valence-electron chi connectivity index (χ3n) is 4.50. The highest BCUT2D eigenvalue weighted by Crippen LogP contribution is 2.37. The summed E-state index contributed by atoms with van der Waals surface area (Å²) in [5, 5.41) is 1.02. The Balaban J connectivity index is 2.01. The molecule has 1 amide bonds. The van der Waals surface area contributed by atoms with Crippen molar-refractivity contribution >= 4 is 33.0 Å². The van der Waals surface area contributed by atoms with Gasteiger partial charge in [0.1, 0.15) is 4.88 Å². The van der Waals surface area contributed by atoms with Gasteiger partial charge in [-0.2, -0.15) is 0 Å². The molecular formula is C17H22N2OS. The SMILES string of the molecule is CCC1CCCCN1C(=O)c1sc2c(C)cccc2c1N. The van der Waals surface area contributed by atoms with E-state index >= 15 is 0 Å². The standard InChI is InChI=1S/C17H22N2OS/c1-3-12-8-4-5-10-19(12)17(20)16-14(18)13-9-6-7-11(2)15(13)21-16/h6-7,9,12H,3-5,8,10,18H2,1-2H3. The maximum atomic E-state index is 12.9. The van der Waals surface area contributed by atoms with Gasteiger partial charge in [0, 0.05) is 22.7 Å². The van der Waals surface area contributed by atoms with Crippen molar-refractivity contribution in [2.45, 2.75) is 45.6 Å². The number of nitrogen functional groups attached to an aromatic ring is 1. The zero-order valence-corrected chi connectivity index (χ0v) is 13.5. The minimum Gasteiger partial charge on any atom is -0.397 e. The number of aryl methyl sites for hydroxylation is 1. The summed E-state index contributed by atoms with van der Waals surface area (Å²) >= 11 is 1.55. The van der Waals surface area contributed by atoms with Crippen molar-refractivity contribution in [1.29, 1.82) is 0 Å². The lowest BCUT2D eigenvalue weighted by atomic mass is 9.99. The van der Waals surface area contributed by atoms with Crippen molar-refractivity contribution in [2.75, 3.05) is 12.3 Å². The number of hydrogen-bond acceptors (Lipinski definition) is 3. The van der Waals surface area contributed by atoms with E-state index in [1.807, 2.05) is 17.0 Å². The number of amides is 1. The lowest BCUT2D eigenvalue weighted by Crippen LogP contribution is -2.43. The monoisotopic (exact) mass is 302 g/mol. The molecular weight excluding hydrogens is 280 g/mol. The molecule has 1 fully saturated rings. The van der Waals surface area contributed by atoms with Crippen molar-refractivity contribution in [2.24, 2.45) is 0 Å². The predicted molar refractivity (Wildman–Crippen MR) is 89.9 cm³/mol. The largest absolute Gasteiger partial charge is 0.397 e. The third-order valence-corrected chi connectivity index (χ3v) is 5.85. The average Bonchev–Trinajstić information content (AvgIpc) is 2.85. The molecule has 1 aromatic heterocycles. The first-order chi connectivity index (χ1) is 10.1. The van der Waals surface area contributed by atoms with E-state index < -0.39 is 0 Å². The van der Waals surface area contributed by atoms with Crippen molar-refractivity contribution in [3.05, 3.63) is 28.6 Å². The van der Waals surface area contributed by atoms with Gasteiger partial charge in [0.05, 0.1) is 5.69 Å². The molecule has 21 heavy (non-hydrogen) atoms. The fraction of sp³-hybridized carbons (Fsp3) is 0.471. The van der Waals surface area contributed by atoms with Gasteiger partial charge in [0.15, 0.2) is 0 Å². The molecule has 1 unspecified atom stereocenters. The van der Waals surface area contributed by atoms with E-state index in [1.54, 1.807) is 11.3 Å². The molecule has 3 nitrogen and oxygen atoms in total. The third kappa shape index (κ3) is 2.42. The number of thiophene rings is 1. The number of likely N-dealkylation sites (tertiary alicyclic amines) is 1. The van der Waals surface area contributed by atoms with Crippen LogP contribution in [0.1, 0.15) is 47.8 Å². The zero-order chi connectivity index (χ0) is 15.0. The molecule has 112 valence electrons. The van der Waals surface area contributed by atoms with Gasteiger partial charge >= 0.3 is 0 Å². The number of carbonyl (C=O) groups is 1. The van der Waals surface area contributed by atoms with Crippen molar-refractivity contribution in [3.8, 4) is 0 Å². The molecule has 1 aromatic carbocycles. The summed E-state index contributed by atoms with van der Waals surface area (Å²) in [6.45, 7) is 5.10. The highest BCUT2D eigenvalue weighted by atomic mass is 32.1. The molecule has 0 radical (unpaired) electrons. The Morgan fingerprint density at radius 1 is 1.43 bits per heavy atom. The maximum Gasteiger partial charge on any atom is 0.266 e. The minimum atomic E-state index is 0.125. The van der Waals surface area contributed by atoms with E-state index in [2.05, 4.69) is 19.9 Å². The number of anilines is 1. The van der Waals surface area contributed by atoms with Crippen LogP contribution in [0.25, 0.3) is 10.1 Å². The van der Waals surface area contributed by atoms with E-state index in [0.717, 1.165) is 40.8 Å². The summed E-state index contributed by atoms with van der Waals surface area (Å²) in [4.78, 5) is 15.7. The Morgan fingerprint density at radius 2 is 2.24 bits per heavy atom. The number of nitrogens with two attached hydrogens (primary N) is 1. The van der Waals surface area contributed by atoms with Crippen molar-refractivity contribution < 1.29 is 4.79 Å². The van der Waals surface area contributed by atoms with E-state index in [0.29, 0.717) is 11.7 Å². The van der Waals surface area contributed by atoms with Crippen LogP contribution in [0.3, 0.4) is 0 Å². The van der Waals surface area contributed by atoms with Gasteiger partial charge in [0.25, 0.3) is 5.91 Å². The molecule has 1 aliphatic rings. The lowest BCUT2D eigenvalue weighted by Gasteiger charge is -2.35. The van der Waals surface area contributed by atoms with Crippen LogP contribution < -0.4 is 5.73 Å². The molecule has 3 rings (SSSR count). The van der Waals surface area contributed by atoms with Crippen LogP contribution in [0.4, 0.5) is 5.69 Å². The predicted octanol–water partition coefficient (Wildman–Crippen LogP) is 4.20. The molecule has 0 saturated carbocycles. The maximum absolute atomic E-state index is 12.9. The lowest BCUT2D eigenvalue weighted by molar-refractivity contribution is 0.0614. The van der Waals surface area contributed by atoms with Gasteiger partial charge in [0.2, 0.25) is 0 Å². The van der Waals surface area contributed by atoms with Crippen molar-refractivity contribution in [1.82, 2.24) is 4.90 Å². The first-order valence-electron chi connectivity index (χ1n) is 7.72. The fourth-order valence-electron chi connectivity index (χ4n) is 3.26. The van der Waals surface area contributed by atoms with Crippen LogP contribution in [0.2, 0.25) is 0 Å². The van der Waals surface area contributed by atoms with Gasteiger partial charge in [-0.05, 0) is 38.2 Å². The first kappa shape index (κ1) is 14.4. The first-order valence-corrected chi connectivity index (χ1v) is 8.53. The number of piperidine rings is 1. The molecule has 0 aliphatic carbocycles. The molecule has 1 atom stereocenters. The smallest absolute Gasteiger partial charge is 0.266 e. The van der Waals surface area contributed by atoms with Gasteiger partial charge in [-0.3, -0.25) is 4.79 Å². The highest BCUT2D eigenvalue weighted by molar-refractivity contribution is 7.21. The Labute approximate surface area is 129 Å². The highest BCUT2D eigenvalue weighted by Gasteiger charge is 2.29. The number of hydrogen-bond donors (Lipinski definition) is 1. The fourth-order valence-corrected chi connectivity index (χ4v) is 4.41. The summed E-state index contributed by atoms with van der Waals surface area (Å²) in [7, 11) is 0. The number of benzene rings is 1. The Hall–Kier alpha value is -1.55. The average molecular weight is 302 g/mol. The summed E-state index contributed by atoms with van der Waals surface area (Å²) in [6, 6.07) is 6.46. The Morgan fingerprint density at radius 3 is 2.95 bits per heavy atom. The molecule has 2 heterocycles. The van der Waals surface area contributed by atoms with Gasteiger partial charge in [-0.15, -0.1) is 11.3 Å². The molecule has 1 aliphatic heterocycles. The van der Waals surface area contributed by atoms with Crippen LogP contribution in [0.5, 0.6) is 0 Å². The molecule has 0 spiro atoms. The second-order valence-electron chi connectivity index (χ2n) is 5.85. The van der Waals surface area contributed by atoms with E-state index in [4.69, 9.17) is 5.73 Å². The second kappa shape index (κ2) is 5.68. The number of nitrogens with zero attached hydrogens (tertiary/aromatic N) is 1. The van der Waals surface area contributed by atoms with Crippen molar-refractivity contribution in [3.63, 3.8) is 0 Å². The van der Waals surface area contributed by atoms with Crippen LogP contribution in [0, 0.1) is 6.92 Å². The van der Waals surface area contributed by atoms with Crippen LogP contribution in [-0.4, -0.2) is 23.4 Å². The summed E-state index contributed by atoms with van der Waals surface area (Å²) in [5.74, 6) is 0.125. The second-order valence-corrected chi connectivity index (χ2v) is 6.87. The van der Waals surface area contributed by atoms with Crippen LogP contribution in [0.15, 0.2) is 18.2 Å². The van der Waals surface area contributed by atoms with Crippen LogP contribution >= 0.6 is 11.3 Å². The molecule has 2 aromatic rings. The number of fused-ring (bicyclic) bond motifs is 1. The summed E-state index contributed by atoms with van der Waals surface area (Å²) < 4.78 is 1.14. The number of carbonyl (C=O) groups excluding carboxylic acids is 1. The number of rotatable bonds is 2. The quantitative estimate of drug-likeness (QED) is 0.904. The Bertz CT molecular complexity index is 677. The topological polar surface area (TPSA) is 46.3 Å². The minimum absolute atomic E-state index is 0.125. The summed E-state index contributed by atoms with van der Waals surface area (Å²) in [6.07, 6.45) is 4.47. The van der Waals surface area contributed by atoms with E-state index in [9.17, 15) is 4.79 Å². The molecule has 1 saturated heterocycles. The normalized spacial score (nSPS) is 19.1. The molecule has 2 N–H and O–H groups in total. The van der Waals surface area contributed by atoms with E-state index in [1.165, 1.54) is 12.0 Å².